The van der Waals surface area contributed by atoms with Gasteiger partial charge in [0.15, 0.2) is 11.2 Å². The molecule has 1 heterocycles. The molecule has 21 heavy (non-hydrogen) atoms. The zero-order chi connectivity index (χ0) is 15.6. The standard InChI is InChI=1S/C16H14O5/c1-9-13(19)7-16(11-3-5-12(18)6-4-11)21-15(9)8-14(20)10(2)17/h3-8,17-18,20H,1H2,2H3/b14-10-,15-8+. The first-order chi connectivity index (χ1) is 9.88. The fourth-order valence-corrected chi connectivity index (χ4v) is 1.65. The van der Waals surface area contributed by atoms with Crippen molar-refractivity contribution < 1.29 is 19.7 Å². The number of aliphatic hydroxyl groups is 2. The molecule has 5 nitrogen and oxygen atoms in total. The highest BCUT2D eigenvalue weighted by Crippen LogP contribution is 2.19. The van der Waals surface area contributed by atoms with Crippen LogP contribution in [0.2, 0.25) is 0 Å². The topological polar surface area (TPSA) is 90.9 Å². The van der Waals surface area contributed by atoms with E-state index in [-0.39, 0.29) is 33.3 Å². The van der Waals surface area contributed by atoms with Crippen LogP contribution in [0.1, 0.15) is 6.92 Å². The highest BCUT2D eigenvalue weighted by molar-refractivity contribution is 5.58. The second kappa shape index (κ2) is 5.58. The third-order valence-electron chi connectivity index (χ3n) is 2.87. The number of hydrogen-bond acceptors (Lipinski definition) is 5. The molecule has 0 fully saturated rings. The van der Waals surface area contributed by atoms with Crippen molar-refractivity contribution in [1.82, 2.24) is 0 Å². The van der Waals surface area contributed by atoms with Crippen LogP contribution in [0.5, 0.6) is 5.75 Å². The summed E-state index contributed by atoms with van der Waals surface area (Å²) in [7, 11) is 0. The van der Waals surface area contributed by atoms with Gasteiger partial charge in [-0.1, -0.05) is 6.58 Å². The van der Waals surface area contributed by atoms with Crippen LogP contribution in [-0.2, 0) is 0 Å². The largest absolute Gasteiger partial charge is 0.509 e. The number of benzene rings is 1. The van der Waals surface area contributed by atoms with Crippen molar-refractivity contribution >= 4 is 12.7 Å². The van der Waals surface area contributed by atoms with Crippen LogP contribution >= 0.6 is 0 Å². The minimum atomic E-state index is -0.411. The number of allylic oxidation sites excluding steroid dienone is 2. The van der Waals surface area contributed by atoms with Crippen molar-refractivity contribution in [3.8, 4) is 17.1 Å². The van der Waals surface area contributed by atoms with Crippen LogP contribution in [0.25, 0.3) is 24.0 Å². The lowest BCUT2D eigenvalue weighted by Crippen LogP contribution is -2.37. The molecule has 0 aliphatic carbocycles. The molecule has 0 atom stereocenters. The second-order valence-corrected chi connectivity index (χ2v) is 4.48. The molecule has 3 N–H and O–H groups in total. The third-order valence-corrected chi connectivity index (χ3v) is 2.87. The van der Waals surface area contributed by atoms with Gasteiger partial charge in [0.1, 0.15) is 22.7 Å². The smallest absolute Gasteiger partial charge is 0.192 e. The number of aromatic hydroxyl groups is 1. The zero-order valence-electron chi connectivity index (χ0n) is 11.3. The van der Waals surface area contributed by atoms with E-state index in [4.69, 9.17) is 4.42 Å². The Morgan fingerprint density at radius 3 is 2.43 bits per heavy atom. The van der Waals surface area contributed by atoms with Crippen LogP contribution in [0, 0.1) is 0 Å². The average Bonchev–Trinajstić information content (AvgIpc) is 2.44. The van der Waals surface area contributed by atoms with Crippen molar-refractivity contribution in [2.24, 2.45) is 0 Å². The summed E-state index contributed by atoms with van der Waals surface area (Å²) in [5.41, 5.74) is 0.277. The molecule has 2 aromatic rings. The van der Waals surface area contributed by atoms with Gasteiger partial charge >= 0.3 is 0 Å². The minimum Gasteiger partial charge on any atom is -0.509 e. The Morgan fingerprint density at radius 1 is 1.24 bits per heavy atom. The van der Waals surface area contributed by atoms with Crippen LogP contribution < -0.4 is 16.1 Å². The molecule has 0 amide bonds. The fourth-order valence-electron chi connectivity index (χ4n) is 1.65. The van der Waals surface area contributed by atoms with Gasteiger partial charge in [-0.25, -0.2) is 0 Å². The number of hydrogen-bond donors (Lipinski definition) is 3. The van der Waals surface area contributed by atoms with Crippen LogP contribution in [0.3, 0.4) is 0 Å². The molecule has 0 unspecified atom stereocenters. The predicted octanol–water partition coefficient (Wildman–Crippen LogP) is 1.55. The number of aliphatic hydroxyl groups excluding tert-OH is 2. The van der Waals surface area contributed by atoms with E-state index in [0.717, 1.165) is 6.08 Å². The number of phenols is 1. The number of rotatable bonds is 2. The van der Waals surface area contributed by atoms with E-state index in [0.29, 0.717) is 5.56 Å². The highest BCUT2D eigenvalue weighted by atomic mass is 16.3. The fraction of sp³-hybridized carbons (Fsp3) is 0.0625. The summed E-state index contributed by atoms with van der Waals surface area (Å²) in [4.78, 5) is 11.9. The van der Waals surface area contributed by atoms with Crippen molar-refractivity contribution in [3.05, 3.63) is 62.7 Å². The maximum Gasteiger partial charge on any atom is 0.192 e. The Balaban J connectivity index is 2.70. The van der Waals surface area contributed by atoms with Gasteiger partial charge in [-0.3, -0.25) is 4.79 Å². The van der Waals surface area contributed by atoms with E-state index < -0.39 is 5.76 Å². The molecule has 0 aliphatic rings. The summed E-state index contributed by atoms with van der Waals surface area (Å²) in [5.74, 6) is -0.349. The molecule has 0 saturated carbocycles. The maximum absolute atomic E-state index is 11.9. The van der Waals surface area contributed by atoms with Crippen molar-refractivity contribution in [1.29, 1.82) is 0 Å². The summed E-state index contributed by atoms with van der Waals surface area (Å²) in [6, 6.07) is 7.39. The lowest BCUT2D eigenvalue weighted by atomic mass is 10.1. The first-order valence-electron chi connectivity index (χ1n) is 6.11. The molecule has 2 rings (SSSR count). The maximum atomic E-state index is 11.9. The Labute approximate surface area is 120 Å². The Hall–Kier alpha value is -2.95. The molecule has 0 radical (unpaired) electrons. The lowest BCUT2D eigenvalue weighted by Gasteiger charge is -2.01. The summed E-state index contributed by atoms with van der Waals surface area (Å²) >= 11 is 0. The van der Waals surface area contributed by atoms with Gasteiger partial charge in [0.2, 0.25) is 0 Å². The zero-order valence-corrected chi connectivity index (χ0v) is 11.3. The van der Waals surface area contributed by atoms with Crippen molar-refractivity contribution in [3.63, 3.8) is 0 Å². The predicted molar refractivity (Wildman–Crippen MR) is 79.3 cm³/mol. The van der Waals surface area contributed by atoms with Crippen LogP contribution in [0.15, 0.2) is 51.1 Å². The van der Waals surface area contributed by atoms with Gasteiger partial charge in [0.05, 0.1) is 5.22 Å². The molecule has 0 saturated heterocycles. The van der Waals surface area contributed by atoms with Crippen molar-refractivity contribution in [2.75, 3.05) is 0 Å². The Morgan fingerprint density at radius 2 is 1.86 bits per heavy atom. The SMILES string of the molecule is C=c1c(=O)cc(-c2ccc(O)cc2)o/c1=C/C(O)=C(\C)O. The molecule has 5 heteroatoms. The second-order valence-electron chi connectivity index (χ2n) is 4.48. The molecule has 0 bridgehead atoms. The van der Waals surface area contributed by atoms with E-state index in [2.05, 4.69) is 6.58 Å². The quantitative estimate of drug-likeness (QED) is 0.729. The van der Waals surface area contributed by atoms with Gasteiger partial charge in [0.25, 0.3) is 0 Å². The normalized spacial score (nSPS) is 13.1. The summed E-state index contributed by atoms with van der Waals surface area (Å²) in [5, 5.41) is 28.1. The molecule has 0 aliphatic heterocycles. The van der Waals surface area contributed by atoms with E-state index in [1.807, 2.05) is 0 Å². The minimum absolute atomic E-state index is 0.0523. The summed E-state index contributed by atoms with van der Waals surface area (Å²) < 4.78 is 5.53. The molecule has 1 aromatic carbocycles. The Kier molecular flexibility index (Phi) is 3.84. The van der Waals surface area contributed by atoms with Gasteiger partial charge in [-0.15, -0.1) is 0 Å². The van der Waals surface area contributed by atoms with Gasteiger partial charge < -0.3 is 19.7 Å². The molecule has 108 valence electrons. The average molecular weight is 286 g/mol. The summed E-state index contributed by atoms with van der Waals surface area (Å²) in [6.45, 7) is 4.89. The highest BCUT2D eigenvalue weighted by Gasteiger charge is 2.05. The van der Waals surface area contributed by atoms with Gasteiger partial charge in [0, 0.05) is 17.7 Å². The monoisotopic (exact) mass is 286 g/mol. The van der Waals surface area contributed by atoms with Gasteiger partial charge in [-0.2, -0.15) is 0 Å². The first kappa shape index (κ1) is 14.5. The van der Waals surface area contributed by atoms with E-state index in [1.54, 1.807) is 12.1 Å². The molecule has 0 spiro atoms. The van der Waals surface area contributed by atoms with E-state index in [1.165, 1.54) is 25.1 Å². The molecular formula is C16H14O5. The Bertz CT molecular complexity index is 853. The molecule has 1 aromatic heterocycles. The van der Waals surface area contributed by atoms with Crippen LogP contribution in [-0.4, -0.2) is 15.3 Å². The van der Waals surface area contributed by atoms with E-state index in [9.17, 15) is 20.1 Å². The van der Waals surface area contributed by atoms with Crippen LogP contribution in [0.4, 0.5) is 0 Å². The van der Waals surface area contributed by atoms with E-state index >= 15 is 0 Å². The first-order valence-corrected chi connectivity index (χ1v) is 6.11. The lowest BCUT2D eigenvalue weighted by molar-refractivity contribution is 0.344. The molecular weight excluding hydrogens is 272 g/mol. The van der Waals surface area contributed by atoms with Crippen molar-refractivity contribution in [2.45, 2.75) is 6.92 Å². The third kappa shape index (κ3) is 3.14. The summed E-state index contributed by atoms with van der Waals surface area (Å²) in [6.07, 6.45) is 1.13. The van der Waals surface area contributed by atoms with Gasteiger partial charge in [-0.05, 0) is 31.2 Å². The number of phenolic OH excluding ortho intramolecular Hbond substituents is 1.